The molecule has 5 heteroatoms. The number of Topliss-reactive ketones (excluding diaryl/α,β-unsaturated/α-hetero) is 1. The second kappa shape index (κ2) is 6.70. The minimum Gasteiger partial charge on any atom is -0.496 e. The summed E-state index contributed by atoms with van der Waals surface area (Å²) < 4.78 is 11.6. The Bertz CT molecular complexity index is 484. The zero-order valence-electron chi connectivity index (χ0n) is 11.7. The monoisotopic (exact) mass is 341 g/mol. The van der Waals surface area contributed by atoms with Gasteiger partial charge in [-0.15, -0.1) is 0 Å². The van der Waals surface area contributed by atoms with Gasteiger partial charge in [0.15, 0.2) is 0 Å². The lowest BCUT2D eigenvalue weighted by molar-refractivity contribution is -0.132. The number of carbonyl (C=O) groups is 1. The molecular formula is C15H20BrNO3. The smallest absolute Gasteiger partial charge is 0.144 e. The second-order valence-electron chi connectivity index (χ2n) is 5.15. The maximum Gasteiger partial charge on any atom is 0.144 e. The lowest BCUT2D eigenvalue weighted by Gasteiger charge is -2.34. The molecule has 1 saturated heterocycles. The molecule has 0 radical (unpaired) electrons. The van der Waals surface area contributed by atoms with E-state index in [9.17, 15) is 4.79 Å². The van der Waals surface area contributed by atoms with E-state index in [0.717, 1.165) is 15.8 Å². The maximum atomic E-state index is 12.7. The lowest BCUT2D eigenvalue weighted by Crippen LogP contribution is -2.44. The molecule has 1 fully saturated rings. The molecule has 1 aliphatic heterocycles. The van der Waals surface area contributed by atoms with Crippen molar-refractivity contribution in [1.29, 1.82) is 0 Å². The van der Waals surface area contributed by atoms with Gasteiger partial charge in [-0.3, -0.25) is 4.79 Å². The SMILES string of the molecule is COc1ccc(Br)cc1CC(=O)C1(CN)CCOCC1. The van der Waals surface area contributed by atoms with E-state index in [1.54, 1.807) is 7.11 Å². The predicted octanol–water partition coefficient (Wildman–Crippen LogP) is 2.32. The average Bonchev–Trinajstić information content (AvgIpc) is 2.48. The molecule has 0 unspecified atom stereocenters. The minimum atomic E-state index is -0.439. The van der Waals surface area contributed by atoms with Crippen LogP contribution in [0.2, 0.25) is 0 Å². The third-order valence-corrected chi connectivity index (χ3v) is 4.52. The van der Waals surface area contributed by atoms with Crippen LogP contribution in [0, 0.1) is 5.41 Å². The van der Waals surface area contributed by atoms with E-state index in [-0.39, 0.29) is 5.78 Å². The van der Waals surface area contributed by atoms with E-state index in [4.69, 9.17) is 15.2 Å². The molecule has 0 aliphatic carbocycles. The van der Waals surface area contributed by atoms with Crippen LogP contribution >= 0.6 is 15.9 Å². The van der Waals surface area contributed by atoms with Gasteiger partial charge in [0.25, 0.3) is 0 Å². The van der Waals surface area contributed by atoms with Crippen LogP contribution in [-0.2, 0) is 16.0 Å². The van der Waals surface area contributed by atoms with Crippen molar-refractivity contribution in [2.75, 3.05) is 26.9 Å². The Balaban J connectivity index is 2.20. The highest BCUT2D eigenvalue weighted by molar-refractivity contribution is 9.10. The van der Waals surface area contributed by atoms with Gasteiger partial charge in [0.2, 0.25) is 0 Å². The summed E-state index contributed by atoms with van der Waals surface area (Å²) in [6.07, 6.45) is 1.76. The van der Waals surface area contributed by atoms with Crippen molar-refractivity contribution in [2.45, 2.75) is 19.3 Å². The van der Waals surface area contributed by atoms with Crippen LogP contribution in [0.5, 0.6) is 5.75 Å². The second-order valence-corrected chi connectivity index (χ2v) is 6.07. The first kappa shape index (κ1) is 15.5. The van der Waals surface area contributed by atoms with Crippen LogP contribution in [0.1, 0.15) is 18.4 Å². The normalized spacial score (nSPS) is 17.8. The van der Waals surface area contributed by atoms with Crippen molar-refractivity contribution in [2.24, 2.45) is 11.1 Å². The first-order chi connectivity index (χ1) is 9.61. The highest BCUT2D eigenvalue weighted by Gasteiger charge is 2.38. The first-order valence-electron chi connectivity index (χ1n) is 6.75. The molecule has 1 aromatic carbocycles. The summed E-state index contributed by atoms with van der Waals surface area (Å²) in [4.78, 5) is 12.7. The Kier molecular flexibility index (Phi) is 5.18. The zero-order chi connectivity index (χ0) is 14.6. The Hall–Kier alpha value is -0.910. The number of hydrogen-bond donors (Lipinski definition) is 1. The molecule has 0 atom stereocenters. The average molecular weight is 342 g/mol. The number of ether oxygens (including phenoxy) is 2. The molecule has 0 bridgehead atoms. The molecular weight excluding hydrogens is 322 g/mol. The molecule has 2 N–H and O–H groups in total. The van der Waals surface area contributed by atoms with E-state index in [1.807, 2.05) is 18.2 Å². The minimum absolute atomic E-state index is 0.180. The van der Waals surface area contributed by atoms with Gasteiger partial charge < -0.3 is 15.2 Å². The summed E-state index contributed by atoms with van der Waals surface area (Å²) >= 11 is 3.43. The summed E-state index contributed by atoms with van der Waals surface area (Å²) in [6.45, 7) is 1.60. The number of nitrogens with two attached hydrogens (primary N) is 1. The third-order valence-electron chi connectivity index (χ3n) is 4.03. The van der Waals surface area contributed by atoms with Crippen molar-refractivity contribution in [3.05, 3.63) is 28.2 Å². The largest absolute Gasteiger partial charge is 0.496 e. The van der Waals surface area contributed by atoms with Gasteiger partial charge in [0.1, 0.15) is 11.5 Å². The number of carbonyl (C=O) groups excluding carboxylic acids is 1. The standard InChI is InChI=1S/C15H20BrNO3/c1-19-13-3-2-12(16)8-11(13)9-14(18)15(10-17)4-6-20-7-5-15/h2-3,8H,4-7,9-10,17H2,1H3. The van der Waals surface area contributed by atoms with E-state index in [0.29, 0.717) is 39.0 Å². The van der Waals surface area contributed by atoms with Crippen molar-refractivity contribution >= 4 is 21.7 Å². The van der Waals surface area contributed by atoms with Gasteiger partial charge in [0, 0.05) is 41.6 Å². The quantitative estimate of drug-likeness (QED) is 0.892. The van der Waals surface area contributed by atoms with E-state index in [1.165, 1.54) is 0 Å². The third kappa shape index (κ3) is 3.22. The molecule has 0 aromatic heterocycles. The van der Waals surface area contributed by atoms with Crippen LogP contribution in [0.3, 0.4) is 0 Å². The number of benzene rings is 1. The number of ketones is 1. The molecule has 1 aromatic rings. The van der Waals surface area contributed by atoms with E-state index < -0.39 is 5.41 Å². The fraction of sp³-hybridized carbons (Fsp3) is 0.533. The van der Waals surface area contributed by atoms with E-state index in [2.05, 4.69) is 15.9 Å². The van der Waals surface area contributed by atoms with Crippen LogP contribution < -0.4 is 10.5 Å². The Labute approximate surface area is 127 Å². The predicted molar refractivity (Wildman–Crippen MR) is 80.9 cm³/mol. The molecule has 0 spiro atoms. The van der Waals surface area contributed by atoms with Gasteiger partial charge in [0.05, 0.1) is 7.11 Å². The lowest BCUT2D eigenvalue weighted by atomic mass is 9.74. The molecule has 0 saturated carbocycles. The maximum absolute atomic E-state index is 12.7. The Morgan fingerprint density at radius 2 is 2.15 bits per heavy atom. The molecule has 110 valence electrons. The molecule has 20 heavy (non-hydrogen) atoms. The number of methoxy groups -OCH3 is 1. The van der Waals surface area contributed by atoms with Crippen LogP contribution in [0.25, 0.3) is 0 Å². The highest BCUT2D eigenvalue weighted by atomic mass is 79.9. The summed E-state index contributed by atoms with van der Waals surface area (Å²) in [5.41, 5.74) is 6.33. The van der Waals surface area contributed by atoms with Gasteiger partial charge in [-0.2, -0.15) is 0 Å². The number of hydrogen-bond acceptors (Lipinski definition) is 4. The summed E-state index contributed by atoms with van der Waals surface area (Å²) in [5, 5.41) is 0. The molecule has 2 rings (SSSR count). The number of rotatable bonds is 5. The van der Waals surface area contributed by atoms with Crippen LogP contribution in [0.15, 0.2) is 22.7 Å². The Morgan fingerprint density at radius 3 is 2.75 bits per heavy atom. The summed E-state index contributed by atoms with van der Waals surface area (Å²) in [5.74, 6) is 0.917. The van der Waals surface area contributed by atoms with Crippen LogP contribution in [-0.4, -0.2) is 32.7 Å². The summed E-state index contributed by atoms with van der Waals surface area (Å²) in [7, 11) is 1.62. The fourth-order valence-corrected chi connectivity index (χ4v) is 3.01. The van der Waals surface area contributed by atoms with Gasteiger partial charge >= 0.3 is 0 Å². The zero-order valence-corrected chi connectivity index (χ0v) is 13.2. The molecule has 1 aliphatic rings. The molecule has 0 amide bonds. The van der Waals surface area contributed by atoms with E-state index >= 15 is 0 Å². The molecule has 4 nitrogen and oxygen atoms in total. The highest BCUT2D eigenvalue weighted by Crippen LogP contribution is 2.33. The Morgan fingerprint density at radius 1 is 1.45 bits per heavy atom. The van der Waals surface area contributed by atoms with Crippen molar-refractivity contribution < 1.29 is 14.3 Å². The van der Waals surface area contributed by atoms with Crippen molar-refractivity contribution in [1.82, 2.24) is 0 Å². The topological polar surface area (TPSA) is 61.5 Å². The van der Waals surface area contributed by atoms with Crippen molar-refractivity contribution in [3.63, 3.8) is 0 Å². The number of halogens is 1. The molecule has 1 heterocycles. The first-order valence-corrected chi connectivity index (χ1v) is 7.54. The van der Waals surface area contributed by atoms with Gasteiger partial charge in [-0.05, 0) is 31.0 Å². The summed E-state index contributed by atoms with van der Waals surface area (Å²) in [6, 6.07) is 5.70. The van der Waals surface area contributed by atoms with Crippen LogP contribution in [0.4, 0.5) is 0 Å². The van der Waals surface area contributed by atoms with Gasteiger partial charge in [-0.25, -0.2) is 0 Å². The fourth-order valence-electron chi connectivity index (χ4n) is 2.60. The van der Waals surface area contributed by atoms with Gasteiger partial charge in [-0.1, -0.05) is 15.9 Å². The van der Waals surface area contributed by atoms with Crippen molar-refractivity contribution in [3.8, 4) is 5.75 Å².